The lowest BCUT2D eigenvalue weighted by Gasteiger charge is -2.36. The summed E-state index contributed by atoms with van der Waals surface area (Å²) in [7, 11) is 0. The molecule has 1 aromatic heterocycles. The summed E-state index contributed by atoms with van der Waals surface area (Å²) in [5.74, 6) is -0.399. The molecule has 0 unspecified atom stereocenters. The summed E-state index contributed by atoms with van der Waals surface area (Å²) in [6, 6.07) is 19.7. The van der Waals surface area contributed by atoms with Crippen molar-refractivity contribution in [1.29, 1.82) is 0 Å². The minimum Gasteiger partial charge on any atom is -0.452 e. The number of imidazole rings is 1. The number of hydrogen-bond acceptors (Lipinski definition) is 5. The molecule has 1 aliphatic heterocycles. The first-order valence-electron chi connectivity index (χ1n) is 11.5. The molecule has 8 heteroatoms. The van der Waals surface area contributed by atoms with Gasteiger partial charge in [-0.05, 0) is 37.3 Å². The van der Waals surface area contributed by atoms with Crippen LogP contribution in [0.2, 0.25) is 0 Å². The number of nitrogens with one attached hydrogen (secondary N) is 1. The highest BCUT2D eigenvalue weighted by Gasteiger charge is 2.23. The molecule has 0 saturated carbocycles. The number of para-hydroxylation sites is 1. The lowest BCUT2D eigenvalue weighted by molar-refractivity contribution is -0.134. The molecule has 1 fully saturated rings. The minimum atomic E-state index is -0.572. The summed E-state index contributed by atoms with van der Waals surface area (Å²) in [4.78, 5) is 36.5. The van der Waals surface area contributed by atoms with Crippen molar-refractivity contribution in [3.05, 3.63) is 83.7 Å². The number of fused-ring (bicyclic) bond motifs is 1. The van der Waals surface area contributed by atoms with E-state index in [1.807, 2.05) is 36.1 Å². The number of H-pyrrole nitrogens is 1. The summed E-state index contributed by atoms with van der Waals surface area (Å²) in [6.45, 7) is 3.59. The highest BCUT2D eigenvalue weighted by atomic mass is 19.1. The summed E-state index contributed by atoms with van der Waals surface area (Å²) in [5.41, 5.74) is 4.44. The van der Waals surface area contributed by atoms with Gasteiger partial charge in [0.25, 0.3) is 5.91 Å². The number of aryl methyl sites for hydroxylation is 1. The highest BCUT2D eigenvalue weighted by Crippen LogP contribution is 2.23. The molecule has 178 valence electrons. The van der Waals surface area contributed by atoms with Gasteiger partial charge in [-0.1, -0.05) is 42.0 Å². The molecule has 0 radical (unpaired) electrons. The summed E-state index contributed by atoms with van der Waals surface area (Å²) in [6.07, 6.45) is 0. The second kappa shape index (κ2) is 9.58. The number of ether oxygens (including phenoxy) is 1. The maximum Gasteiger partial charge on any atom is 0.338 e. The van der Waals surface area contributed by atoms with E-state index in [-0.39, 0.29) is 18.3 Å². The lowest BCUT2D eigenvalue weighted by Crippen LogP contribution is -2.50. The zero-order valence-corrected chi connectivity index (χ0v) is 19.3. The van der Waals surface area contributed by atoms with E-state index in [0.29, 0.717) is 42.9 Å². The summed E-state index contributed by atoms with van der Waals surface area (Å²) >= 11 is 0. The van der Waals surface area contributed by atoms with Crippen molar-refractivity contribution < 1.29 is 18.7 Å². The maximum absolute atomic E-state index is 14.0. The maximum atomic E-state index is 14.0. The van der Waals surface area contributed by atoms with E-state index < -0.39 is 5.97 Å². The van der Waals surface area contributed by atoms with Crippen LogP contribution in [0.1, 0.15) is 15.9 Å². The van der Waals surface area contributed by atoms with Crippen molar-refractivity contribution in [3.63, 3.8) is 0 Å². The van der Waals surface area contributed by atoms with E-state index in [2.05, 4.69) is 9.97 Å². The van der Waals surface area contributed by atoms with E-state index in [1.165, 1.54) is 6.07 Å². The molecule has 1 amide bonds. The molecule has 3 aromatic carbocycles. The van der Waals surface area contributed by atoms with Gasteiger partial charge in [-0.3, -0.25) is 4.79 Å². The van der Waals surface area contributed by atoms with Crippen molar-refractivity contribution >= 4 is 28.6 Å². The number of halogens is 1. The van der Waals surface area contributed by atoms with Gasteiger partial charge in [0.05, 0.1) is 22.3 Å². The largest absolute Gasteiger partial charge is 0.452 e. The second-order valence-corrected chi connectivity index (χ2v) is 8.58. The molecule has 2 heterocycles. The number of hydrogen-bond donors (Lipinski definition) is 1. The minimum absolute atomic E-state index is 0.268. The van der Waals surface area contributed by atoms with E-state index in [4.69, 9.17) is 4.74 Å². The van der Waals surface area contributed by atoms with Crippen molar-refractivity contribution in [2.45, 2.75) is 6.92 Å². The normalized spacial score (nSPS) is 13.8. The molecule has 1 N–H and O–H groups in total. The van der Waals surface area contributed by atoms with E-state index in [0.717, 1.165) is 22.5 Å². The number of carbonyl (C=O) groups is 2. The number of rotatable bonds is 5. The number of benzene rings is 3. The van der Waals surface area contributed by atoms with Crippen LogP contribution in [0.5, 0.6) is 0 Å². The van der Waals surface area contributed by atoms with Crippen LogP contribution >= 0.6 is 0 Å². The SMILES string of the molecule is Cc1ccc(-c2nc3ccc(C(=O)OCC(=O)N4CCN(c5ccccc5F)CC4)cc3[nH]2)cc1. The quantitative estimate of drug-likeness (QED) is 0.441. The number of piperazine rings is 1. The molecule has 0 bridgehead atoms. The van der Waals surface area contributed by atoms with E-state index in [1.54, 1.807) is 41.3 Å². The second-order valence-electron chi connectivity index (χ2n) is 8.58. The average Bonchev–Trinajstić information content (AvgIpc) is 3.31. The molecular weight excluding hydrogens is 447 g/mol. The molecule has 1 saturated heterocycles. The number of carbonyl (C=O) groups excluding carboxylic acids is 2. The molecule has 0 spiro atoms. The smallest absolute Gasteiger partial charge is 0.338 e. The first kappa shape index (κ1) is 22.6. The molecular formula is C27H25FN4O3. The predicted molar refractivity (Wildman–Crippen MR) is 132 cm³/mol. The van der Waals surface area contributed by atoms with Crippen molar-refractivity contribution in [2.24, 2.45) is 0 Å². The Morgan fingerprint density at radius 2 is 1.74 bits per heavy atom. The van der Waals surface area contributed by atoms with Crippen molar-refractivity contribution in [3.8, 4) is 11.4 Å². The number of nitrogens with zero attached hydrogens (tertiary/aromatic N) is 3. The Morgan fingerprint density at radius 3 is 2.49 bits per heavy atom. The topological polar surface area (TPSA) is 78.5 Å². The molecule has 0 atom stereocenters. The van der Waals surface area contributed by atoms with E-state index >= 15 is 0 Å². The fourth-order valence-electron chi connectivity index (χ4n) is 4.19. The standard InChI is InChI=1S/C27H25FN4O3/c1-18-6-8-19(9-7-18)26-29-22-11-10-20(16-23(22)30-26)27(34)35-17-25(33)32-14-12-31(13-15-32)24-5-3-2-4-21(24)28/h2-11,16H,12-15,17H2,1H3,(H,29,30). The van der Waals surface area contributed by atoms with Crippen LogP contribution in [0.15, 0.2) is 66.7 Å². The Hall–Kier alpha value is -4.20. The number of amides is 1. The van der Waals surface area contributed by atoms with Crippen LogP contribution in [0, 0.1) is 12.7 Å². The number of aromatic nitrogens is 2. The number of anilines is 1. The Balaban J connectivity index is 1.18. The van der Waals surface area contributed by atoms with Crippen LogP contribution in [0.4, 0.5) is 10.1 Å². The molecule has 1 aliphatic rings. The van der Waals surface area contributed by atoms with Gasteiger partial charge in [0.15, 0.2) is 6.61 Å². The molecule has 5 rings (SSSR count). The predicted octanol–water partition coefficient (Wildman–Crippen LogP) is 4.18. The summed E-state index contributed by atoms with van der Waals surface area (Å²) in [5, 5.41) is 0. The Morgan fingerprint density at radius 1 is 1.00 bits per heavy atom. The molecule has 4 aromatic rings. The molecule has 0 aliphatic carbocycles. The monoisotopic (exact) mass is 472 g/mol. The van der Waals surface area contributed by atoms with Gasteiger partial charge in [0.2, 0.25) is 0 Å². The highest BCUT2D eigenvalue weighted by molar-refractivity contribution is 5.95. The van der Waals surface area contributed by atoms with Crippen molar-refractivity contribution in [1.82, 2.24) is 14.9 Å². The Labute approximate surface area is 202 Å². The van der Waals surface area contributed by atoms with Crippen LogP contribution in [-0.2, 0) is 9.53 Å². The lowest BCUT2D eigenvalue weighted by atomic mass is 10.1. The fraction of sp³-hybridized carbons (Fsp3) is 0.222. The van der Waals surface area contributed by atoms with Crippen LogP contribution in [-0.4, -0.2) is 59.5 Å². The van der Waals surface area contributed by atoms with Crippen LogP contribution < -0.4 is 4.90 Å². The fourth-order valence-corrected chi connectivity index (χ4v) is 4.19. The third kappa shape index (κ3) is 4.87. The first-order chi connectivity index (χ1) is 17.0. The number of aromatic amines is 1. The van der Waals surface area contributed by atoms with Gasteiger partial charge in [0.1, 0.15) is 11.6 Å². The third-order valence-electron chi connectivity index (χ3n) is 6.19. The van der Waals surface area contributed by atoms with Gasteiger partial charge < -0.3 is 19.5 Å². The van der Waals surface area contributed by atoms with Gasteiger partial charge in [-0.15, -0.1) is 0 Å². The van der Waals surface area contributed by atoms with Gasteiger partial charge in [-0.2, -0.15) is 0 Å². The van der Waals surface area contributed by atoms with Crippen LogP contribution in [0.25, 0.3) is 22.4 Å². The number of esters is 1. The Kier molecular flexibility index (Phi) is 6.18. The van der Waals surface area contributed by atoms with Gasteiger partial charge in [-0.25, -0.2) is 14.2 Å². The van der Waals surface area contributed by atoms with Gasteiger partial charge in [0, 0.05) is 31.7 Å². The molecule has 7 nitrogen and oxygen atoms in total. The zero-order chi connectivity index (χ0) is 24.4. The van der Waals surface area contributed by atoms with Crippen LogP contribution in [0.3, 0.4) is 0 Å². The van der Waals surface area contributed by atoms with E-state index in [9.17, 15) is 14.0 Å². The van der Waals surface area contributed by atoms with Gasteiger partial charge >= 0.3 is 5.97 Å². The first-order valence-corrected chi connectivity index (χ1v) is 11.5. The zero-order valence-electron chi connectivity index (χ0n) is 19.3. The average molecular weight is 473 g/mol. The third-order valence-corrected chi connectivity index (χ3v) is 6.19. The Bertz CT molecular complexity index is 1370. The molecule has 35 heavy (non-hydrogen) atoms. The summed E-state index contributed by atoms with van der Waals surface area (Å²) < 4.78 is 19.3. The van der Waals surface area contributed by atoms with Crippen molar-refractivity contribution in [2.75, 3.05) is 37.7 Å².